The smallest absolute Gasteiger partial charge is 0.287 e. The molecule has 0 bridgehead atoms. The van der Waals surface area contributed by atoms with Gasteiger partial charge in [-0.15, -0.1) is 0 Å². The van der Waals surface area contributed by atoms with Gasteiger partial charge in [0.1, 0.15) is 17.2 Å². The summed E-state index contributed by atoms with van der Waals surface area (Å²) in [5.74, 6) is 0.434. The van der Waals surface area contributed by atoms with Gasteiger partial charge in [0.2, 0.25) is 6.79 Å². The van der Waals surface area contributed by atoms with E-state index >= 15 is 0 Å². The number of carbonyl (C=O) groups excluding carboxylic acids is 2. The molecule has 0 saturated carbocycles. The SMILES string of the molecule is COc1ccc(/C=N/NC(=O)/C(=C\c2ccc3c(c2)OCO3)NC(=O)c2ccccc2)c(O)c1. The second kappa shape index (κ2) is 10.2. The summed E-state index contributed by atoms with van der Waals surface area (Å²) in [5, 5.41) is 16.6. The fraction of sp³-hybridized carbons (Fsp3) is 0.0800. The van der Waals surface area contributed by atoms with Crippen molar-refractivity contribution >= 4 is 24.1 Å². The van der Waals surface area contributed by atoms with E-state index in [0.717, 1.165) is 0 Å². The number of methoxy groups -OCH3 is 1. The summed E-state index contributed by atoms with van der Waals surface area (Å²) in [6, 6.07) is 18.3. The average Bonchev–Trinajstić information content (AvgIpc) is 3.33. The molecule has 0 spiro atoms. The van der Waals surface area contributed by atoms with Crippen molar-refractivity contribution in [1.82, 2.24) is 10.7 Å². The zero-order chi connectivity index (χ0) is 23.9. The molecule has 0 radical (unpaired) electrons. The molecule has 0 aromatic heterocycles. The number of nitrogens with one attached hydrogen (secondary N) is 2. The van der Waals surface area contributed by atoms with Crippen LogP contribution in [-0.2, 0) is 4.79 Å². The van der Waals surface area contributed by atoms with Gasteiger partial charge in [-0.3, -0.25) is 9.59 Å². The van der Waals surface area contributed by atoms with Crippen LogP contribution >= 0.6 is 0 Å². The summed E-state index contributed by atoms with van der Waals surface area (Å²) in [6.07, 6.45) is 2.78. The van der Waals surface area contributed by atoms with Crippen LogP contribution in [0.25, 0.3) is 6.08 Å². The molecule has 2 amide bonds. The highest BCUT2D eigenvalue weighted by Crippen LogP contribution is 2.33. The predicted octanol–water partition coefficient (Wildman–Crippen LogP) is 3.05. The summed E-state index contributed by atoms with van der Waals surface area (Å²) in [6.45, 7) is 0.119. The monoisotopic (exact) mass is 459 g/mol. The highest BCUT2D eigenvalue weighted by molar-refractivity contribution is 6.05. The molecule has 1 aliphatic rings. The number of rotatable bonds is 7. The first-order chi connectivity index (χ1) is 16.5. The normalized spacial score (nSPS) is 12.4. The number of phenolic OH excluding ortho intramolecular Hbond substituents is 1. The molecule has 34 heavy (non-hydrogen) atoms. The minimum absolute atomic E-state index is 0.0381. The molecule has 3 aromatic carbocycles. The van der Waals surface area contributed by atoms with Crippen LogP contribution < -0.4 is 25.0 Å². The number of hydrazone groups is 1. The van der Waals surface area contributed by atoms with E-state index in [-0.39, 0.29) is 18.2 Å². The van der Waals surface area contributed by atoms with Crippen LogP contribution in [-0.4, -0.2) is 37.0 Å². The number of benzene rings is 3. The van der Waals surface area contributed by atoms with Crippen molar-refractivity contribution in [1.29, 1.82) is 0 Å². The van der Waals surface area contributed by atoms with Gasteiger partial charge in [0.25, 0.3) is 11.8 Å². The number of hydrogen-bond acceptors (Lipinski definition) is 7. The zero-order valence-electron chi connectivity index (χ0n) is 18.1. The van der Waals surface area contributed by atoms with Gasteiger partial charge in [-0.2, -0.15) is 5.10 Å². The Morgan fingerprint density at radius 2 is 1.82 bits per heavy atom. The number of carbonyl (C=O) groups is 2. The number of phenols is 1. The molecule has 9 nitrogen and oxygen atoms in total. The standard InChI is InChI=1S/C25H21N3O6/c1-32-19-9-8-18(21(29)13-19)14-26-28-25(31)20(27-24(30)17-5-3-2-4-6-17)11-16-7-10-22-23(12-16)34-15-33-22/h2-14,29H,15H2,1H3,(H,27,30)(H,28,31)/b20-11+,26-14+. The second-order valence-electron chi connectivity index (χ2n) is 7.11. The maximum Gasteiger partial charge on any atom is 0.287 e. The molecule has 1 heterocycles. The average molecular weight is 459 g/mol. The Labute approximate surface area is 195 Å². The van der Waals surface area contributed by atoms with Crippen LogP contribution in [0.4, 0.5) is 0 Å². The van der Waals surface area contributed by atoms with E-state index in [9.17, 15) is 14.7 Å². The van der Waals surface area contributed by atoms with Crippen molar-refractivity contribution in [3.8, 4) is 23.0 Å². The predicted molar refractivity (Wildman–Crippen MR) is 125 cm³/mol. The molecule has 0 atom stereocenters. The van der Waals surface area contributed by atoms with E-state index < -0.39 is 11.8 Å². The molecule has 0 fully saturated rings. The topological polar surface area (TPSA) is 118 Å². The van der Waals surface area contributed by atoms with Crippen molar-refractivity contribution in [2.24, 2.45) is 5.10 Å². The summed E-state index contributed by atoms with van der Waals surface area (Å²) in [4.78, 5) is 25.6. The number of fused-ring (bicyclic) bond motifs is 1. The highest BCUT2D eigenvalue weighted by Gasteiger charge is 2.17. The second-order valence-corrected chi connectivity index (χ2v) is 7.11. The van der Waals surface area contributed by atoms with Gasteiger partial charge in [0.05, 0.1) is 13.3 Å². The summed E-state index contributed by atoms with van der Waals surface area (Å²) >= 11 is 0. The van der Waals surface area contributed by atoms with E-state index in [1.54, 1.807) is 60.7 Å². The number of nitrogens with zero attached hydrogens (tertiary/aromatic N) is 1. The van der Waals surface area contributed by atoms with Gasteiger partial charge in [0, 0.05) is 17.2 Å². The van der Waals surface area contributed by atoms with Crippen molar-refractivity contribution in [2.45, 2.75) is 0 Å². The van der Waals surface area contributed by atoms with Gasteiger partial charge >= 0.3 is 0 Å². The van der Waals surface area contributed by atoms with Crippen molar-refractivity contribution in [2.75, 3.05) is 13.9 Å². The van der Waals surface area contributed by atoms with E-state index in [4.69, 9.17) is 14.2 Å². The quantitative estimate of drug-likeness (QED) is 0.284. The Balaban J connectivity index is 1.55. The third kappa shape index (κ3) is 5.33. The first kappa shape index (κ1) is 22.4. The largest absolute Gasteiger partial charge is 0.507 e. The molecule has 4 rings (SSSR count). The van der Waals surface area contributed by atoms with E-state index in [2.05, 4.69) is 15.8 Å². The fourth-order valence-electron chi connectivity index (χ4n) is 3.09. The highest BCUT2D eigenvalue weighted by atomic mass is 16.7. The molecular weight excluding hydrogens is 438 g/mol. The van der Waals surface area contributed by atoms with Crippen molar-refractivity contribution in [3.63, 3.8) is 0 Å². The third-order valence-corrected chi connectivity index (χ3v) is 4.84. The molecule has 0 unspecified atom stereocenters. The number of ether oxygens (including phenoxy) is 3. The zero-order valence-corrected chi connectivity index (χ0v) is 18.1. The number of aromatic hydroxyl groups is 1. The number of hydrogen-bond donors (Lipinski definition) is 3. The van der Waals surface area contributed by atoms with Crippen LogP contribution in [0.2, 0.25) is 0 Å². The van der Waals surface area contributed by atoms with Crippen LogP contribution in [0.1, 0.15) is 21.5 Å². The summed E-state index contributed by atoms with van der Waals surface area (Å²) < 4.78 is 15.7. The molecule has 9 heteroatoms. The lowest BCUT2D eigenvalue weighted by atomic mass is 10.1. The Bertz CT molecular complexity index is 1270. The molecule has 0 aliphatic carbocycles. The maximum atomic E-state index is 12.9. The summed E-state index contributed by atoms with van der Waals surface area (Å²) in [7, 11) is 1.49. The molecular formula is C25H21N3O6. The molecule has 3 N–H and O–H groups in total. The summed E-state index contributed by atoms with van der Waals surface area (Å²) in [5.41, 5.74) is 3.70. The molecule has 172 valence electrons. The Morgan fingerprint density at radius 1 is 1.03 bits per heavy atom. The van der Waals surface area contributed by atoms with Crippen LogP contribution in [0, 0.1) is 0 Å². The van der Waals surface area contributed by atoms with E-state index in [1.807, 2.05) is 0 Å². The van der Waals surface area contributed by atoms with Gasteiger partial charge < -0.3 is 24.6 Å². The maximum absolute atomic E-state index is 12.9. The van der Waals surface area contributed by atoms with Crippen molar-refractivity contribution < 1.29 is 28.9 Å². The Kier molecular flexibility index (Phi) is 6.73. The van der Waals surface area contributed by atoms with Gasteiger partial charge in [-0.05, 0) is 48.0 Å². The first-order valence-corrected chi connectivity index (χ1v) is 10.2. The fourth-order valence-corrected chi connectivity index (χ4v) is 3.09. The minimum atomic E-state index is -0.661. The lowest BCUT2D eigenvalue weighted by Crippen LogP contribution is -2.32. The molecule has 3 aromatic rings. The van der Waals surface area contributed by atoms with Gasteiger partial charge in [-0.1, -0.05) is 24.3 Å². The molecule has 1 aliphatic heterocycles. The van der Waals surface area contributed by atoms with Crippen LogP contribution in [0.5, 0.6) is 23.0 Å². The van der Waals surface area contributed by atoms with Crippen molar-refractivity contribution in [3.05, 3.63) is 89.1 Å². The minimum Gasteiger partial charge on any atom is -0.507 e. The molecule has 0 saturated heterocycles. The Morgan fingerprint density at radius 3 is 2.59 bits per heavy atom. The first-order valence-electron chi connectivity index (χ1n) is 10.2. The van der Waals surface area contributed by atoms with Crippen LogP contribution in [0.3, 0.4) is 0 Å². The third-order valence-electron chi connectivity index (χ3n) is 4.84. The van der Waals surface area contributed by atoms with Gasteiger partial charge in [0.15, 0.2) is 11.5 Å². The number of amides is 2. The van der Waals surface area contributed by atoms with E-state index in [0.29, 0.717) is 33.9 Å². The van der Waals surface area contributed by atoms with Crippen LogP contribution in [0.15, 0.2) is 77.5 Å². The Hall–Kier alpha value is -4.79. The van der Waals surface area contributed by atoms with E-state index in [1.165, 1.54) is 25.5 Å². The lowest BCUT2D eigenvalue weighted by Gasteiger charge is -2.09. The van der Waals surface area contributed by atoms with Gasteiger partial charge in [-0.25, -0.2) is 5.43 Å². The lowest BCUT2D eigenvalue weighted by molar-refractivity contribution is -0.117.